The van der Waals surface area contributed by atoms with Crippen LogP contribution in [0.25, 0.3) is 32.5 Å². The minimum Gasteiger partial charge on any atom is -0.201 e. The maximum Gasteiger partial charge on any atom is 0.426 e. The van der Waals surface area contributed by atoms with Gasteiger partial charge in [-0.3, -0.25) is 0 Å². The van der Waals surface area contributed by atoms with Crippen LogP contribution < -0.4 is 4.57 Å². The van der Waals surface area contributed by atoms with Crippen molar-refractivity contribution in [3.05, 3.63) is 75.8 Å². The van der Waals surface area contributed by atoms with Gasteiger partial charge in [-0.25, -0.2) is 4.57 Å². The average molecular weight is 487 g/mol. The van der Waals surface area contributed by atoms with E-state index in [-0.39, 0.29) is 43.9 Å². The van der Waals surface area contributed by atoms with Crippen molar-refractivity contribution >= 4 is 21.4 Å². The standard InChI is InChI=1S/C25H20F6NS/c1-13-6-5-7-14(2)21(13)16-8-9-32(4)19(11-16)17-12-20-18(10-15(17)3)22(24(26,27)28)23(33-20)25(29,30)31/h5-12H,1-4H3/q+1/i1D3,2D3. The lowest BCUT2D eigenvalue weighted by atomic mass is 9.94. The molecule has 0 saturated heterocycles. The molecule has 0 aliphatic rings. The van der Waals surface area contributed by atoms with Gasteiger partial charge in [-0.15, -0.1) is 11.3 Å². The minimum atomic E-state index is -5.23. The maximum absolute atomic E-state index is 13.7. The lowest BCUT2D eigenvalue weighted by Gasteiger charge is -2.12. The Morgan fingerprint density at radius 1 is 0.879 bits per heavy atom. The highest BCUT2D eigenvalue weighted by Gasteiger charge is 2.46. The van der Waals surface area contributed by atoms with Crippen LogP contribution in [0, 0.1) is 20.6 Å². The molecule has 0 N–H and O–H groups in total. The number of nitrogens with zero attached hydrogens (tertiary/aromatic N) is 1. The molecule has 0 aliphatic heterocycles. The molecular formula is C25H20F6NS+. The predicted molar refractivity (Wildman–Crippen MR) is 118 cm³/mol. The van der Waals surface area contributed by atoms with Gasteiger partial charge in [0.1, 0.15) is 11.9 Å². The van der Waals surface area contributed by atoms with Crippen LogP contribution in [0.1, 0.15) is 35.4 Å². The summed E-state index contributed by atoms with van der Waals surface area (Å²) in [5.74, 6) is 0. The summed E-state index contributed by atoms with van der Waals surface area (Å²) in [6.45, 7) is -3.87. The largest absolute Gasteiger partial charge is 0.426 e. The van der Waals surface area contributed by atoms with Crippen LogP contribution in [0.3, 0.4) is 0 Å². The topological polar surface area (TPSA) is 3.88 Å². The third-order valence-electron chi connectivity index (χ3n) is 5.35. The van der Waals surface area contributed by atoms with Gasteiger partial charge in [-0.2, -0.15) is 26.3 Å². The zero-order valence-electron chi connectivity index (χ0n) is 23.2. The van der Waals surface area contributed by atoms with Crippen LogP contribution in [0.5, 0.6) is 0 Å². The molecule has 0 bridgehead atoms. The fourth-order valence-corrected chi connectivity index (χ4v) is 4.98. The molecule has 0 saturated carbocycles. The zero-order valence-corrected chi connectivity index (χ0v) is 18.1. The van der Waals surface area contributed by atoms with Crippen molar-refractivity contribution < 1.29 is 39.1 Å². The van der Waals surface area contributed by atoms with E-state index >= 15 is 0 Å². The lowest BCUT2D eigenvalue weighted by molar-refractivity contribution is -0.660. The summed E-state index contributed by atoms with van der Waals surface area (Å²) in [7, 11) is 1.60. The van der Waals surface area contributed by atoms with E-state index in [9.17, 15) is 26.3 Å². The first-order valence-electron chi connectivity index (χ1n) is 12.6. The fourth-order valence-electron chi connectivity index (χ4n) is 3.86. The molecular weight excluding hydrogens is 460 g/mol. The normalized spacial score (nSPS) is 16.0. The Hall–Kier alpha value is -2.87. The van der Waals surface area contributed by atoms with E-state index < -0.39 is 41.9 Å². The molecule has 1 nitrogen and oxygen atoms in total. The number of halogens is 6. The Morgan fingerprint density at radius 3 is 2.12 bits per heavy atom. The second-order valence-electron chi connectivity index (χ2n) is 7.60. The quantitative estimate of drug-likeness (QED) is 0.200. The highest BCUT2D eigenvalue weighted by Crippen LogP contribution is 2.49. The first kappa shape index (κ1) is 16.7. The smallest absolute Gasteiger partial charge is 0.201 e. The second-order valence-corrected chi connectivity index (χ2v) is 8.66. The number of benzene rings is 2. The number of alkyl halides is 6. The van der Waals surface area contributed by atoms with Crippen molar-refractivity contribution in [2.24, 2.45) is 7.05 Å². The summed E-state index contributed by atoms with van der Waals surface area (Å²) in [4.78, 5) is -1.74. The first-order valence-corrected chi connectivity index (χ1v) is 10.4. The van der Waals surface area contributed by atoms with E-state index in [1.54, 1.807) is 11.6 Å². The molecule has 0 spiro atoms. The van der Waals surface area contributed by atoms with Gasteiger partial charge in [0.2, 0.25) is 5.69 Å². The number of hydrogen-bond donors (Lipinski definition) is 0. The van der Waals surface area contributed by atoms with Crippen molar-refractivity contribution in [1.29, 1.82) is 0 Å². The number of thiophene rings is 1. The third-order valence-corrected chi connectivity index (χ3v) is 6.55. The van der Waals surface area contributed by atoms with Gasteiger partial charge in [-0.1, -0.05) is 18.2 Å². The molecule has 8 heteroatoms. The Bertz CT molecular complexity index is 1550. The van der Waals surface area contributed by atoms with Crippen LogP contribution in [0.4, 0.5) is 26.3 Å². The monoisotopic (exact) mass is 486 g/mol. The van der Waals surface area contributed by atoms with E-state index in [4.69, 9.17) is 8.22 Å². The Balaban J connectivity index is 2.02. The number of aryl methyl sites for hydroxylation is 4. The van der Waals surface area contributed by atoms with Crippen molar-refractivity contribution in [1.82, 2.24) is 0 Å². The van der Waals surface area contributed by atoms with Gasteiger partial charge >= 0.3 is 12.4 Å². The molecule has 2 heterocycles. The van der Waals surface area contributed by atoms with Crippen LogP contribution in [0.2, 0.25) is 0 Å². The van der Waals surface area contributed by atoms with Crippen molar-refractivity contribution in [2.75, 3.05) is 0 Å². The molecule has 2 aromatic carbocycles. The predicted octanol–water partition coefficient (Wildman–Crippen LogP) is 8.02. The van der Waals surface area contributed by atoms with Gasteiger partial charge < -0.3 is 0 Å². The summed E-state index contributed by atoms with van der Waals surface area (Å²) in [5, 5.41) is -0.572. The summed E-state index contributed by atoms with van der Waals surface area (Å²) >= 11 is -0.00970. The highest BCUT2D eigenvalue weighted by molar-refractivity contribution is 7.19. The van der Waals surface area contributed by atoms with Gasteiger partial charge in [-0.05, 0) is 60.6 Å². The molecule has 2 aromatic heterocycles. The first-order chi connectivity index (χ1) is 17.7. The van der Waals surface area contributed by atoms with Crippen molar-refractivity contribution in [3.8, 4) is 22.4 Å². The van der Waals surface area contributed by atoms with E-state index in [1.807, 2.05) is 0 Å². The number of hydrogen-bond acceptors (Lipinski definition) is 1. The van der Waals surface area contributed by atoms with Gasteiger partial charge in [0.05, 0.1) is 11.1 Å². The summed E-state index contributed by atoms with van der Waals surface area (Å²) in [6.07, 6.45) is -8.92. The van der Waals surface area contributed by atoms with Crippen molar-refractivity contribution in [2.45, 2.75) is 33.0 Å². The Kier molecular flexibility index (Phi) is 3.98. The zero-order chi connectivity index (χ0) is 29.3. The van der Waals surface area contributed by atoms with Crippen LogP contribution in [-0.2, 0) is 19.4 Å². The Morgan fingerprint density at radius 2 is 1.55 bits per heavy atom. The third kappa shape index (κ3) is 4.12. The van der Waals surface area contributed by atoms with Gasteiger partial charge in [0.15, 0.2) is 6.20 Å². The Labute approximate surface area is 199 Å². The number of rotatable bonds is 2. The molecule has 0 amide bonds. The minimum absolute atomic E-state index is 0.00970. The van der Waals surface area contributed by atoms with E-state index in [0.29, 0.717) is 11.3 Å². The summed E-state index contributed by atoms with van der Waals surface area (Å²) in [6, 6.07) is 9.20. The number of fused-ring (bicyclic) bond motifs is 1. The fraction of sp³-hybridized carbons (Fsp3) is 0.240. The van der Waals surface area contributed by atoms with E-state index in [2.05, 4.69) is 0 Å². The van der Waals surface area contributed by atoms with E-state index in [1.165, 1.54) is 49.5 Å². The average Bonchev–Trinajstić information content (AvgIpc) is 3.17. The van der Waals surface area contributed by atoms with Gasteiger partial charge in [0, 0.05) is 30.4 Å². The maximum atomic E-state index is 13.7. The molecule has 0 unspecified atom stereocenters. The van der Waals surface area contributed by atoms with Gasteiger partial charge in [0.25, 0.3) is 0 Å². The number of pyridine rings is 1. The molecule has 172 valence electrons. The molecule has 4 rings (SSSR count). The van der Waals surface area contributed by atoms with Crippen molar-refractivity contribution in [3.63, 3.8) is 0 Å². The van der Waals surface area contributed by atoms with Crippen LogP contribution in [-0.4, -0.2) is 0 Å². The van der Waals surface area contributed by atoms with Crippen LogP contribution >= 0.6 is 11.3 Å². The van der Waals surface area contributed by atoms with Crippen LogP contribution in [0.15, 0.2) is 48.7 Å². The highest BCUT2D eigenvalue weighted by atomic mass is 32.1. The molecule has 0 atom stereocenters. The number of aromatic nitrogens is 1. The molecule has 33 heavy (non-hydrogen) atoms. The SMILES string of the molecule is [2H]C([2H])([2H])c1cccc(C([2H])([2H])[2H])c1-c1cc[n+](C)c(-c2cc3sc(C(F)(F)F)c(C(F)(F)F)c3cc2C)c1. The molecule has 0 aliphatic carbocycles. The van der Waals surface area contributed by atoms with E-state index in [0.717, 1.165) is 6.07 Å². The second kappa shape index (κ2) is 7.87. The summed E-state index contributed by atoms with van der Waals surface area (Å²) < 4.78 is 131. The summed E-state index contributed by atoms with van der Waals surface area (Å²) in [5.41, 5.74) is -1.08. The molecule has 0 fully saturated rings. The molecule has 0 radical (unpaired) electrons. The molecule has 4 aromatic rings. The lowest BCUT2D eigenvalue weighted by Crippen LogP contribution is -2.30.